The van der Waals surface area contributed by atoms with Crippen LogP contribution in [0.4, 0.5) is 0 Å². The van der Waals surface area contributed by atoms with Crippen LogP contribution in [0.3, 0.4) is 0 Å². The molecule has 0 rings (SSSR count). The second kappa shape index (κ2) is 7.71. The Balaban J connectivity index is 3.52. The van der Waals surface area contributed by atoms with E-state index >= 15 is 0 Å². The summed E-state index contributed by atoms with van der Waals surface area (Å²) in [5, 5.41) is 0. The second-order valence-electron chi connectivity index (χ2n) is 3.85. The van der Waals surface area contributed by atoms with Gasteiger partial charge in [-0.25, -0.2) is 4.08 Å². The highest BCUT2D eigenvalue weighted by molar-refractivity contribution is 7.42. The summed E-state index contributed by atoms with van der Waals surface area (Å²) in [4.78, 5) is 0. The fourth-order valence-electron chi connectivity index (χ4n) is 1.35. The van der Waals surface area contributed by atoms with E-state index in [-0.39, 0.29) is 0 Å². The quantitative estimate of drug-likeness (QED) is 0.618. The minimum Gasteiger partial charge on any atom is -0.224 e. The lowest BCUT2D eigenvalue weighted by atomic mass is 9.94. The lowest BCUT2D eigenvalue weighted by molar-refractivity contribution is 0.398. The molecule has 0 saturated heterocycles. The Morgan fingerprint density at radius 3 is 2.46 bits per heavy atom. The Labute approximate surface area is 88.1 Å². The Morgan fingerprint density at radius 1 is 1.38 bits per heavy atom. The maximum absolute atomic E-state index is 5.60. The zero-order valence-electron chi connectivity index (χ0n) is 8.79. The van der Waals surface area contributed by atoms with Gasteiger partial charge in [-0.15, -0.1) is 6.13 Å². The van der Waals surface area contributed by atoms with E-state index in [0.717, 1.165) is 24.4 Å². The van der Waals surface area contributed by atoms with Crippen molar-refractivity contribution in [2.24, 2.45) is 11.8 Å². The molecule has 0 bridgehead atoms. The van der Waals surface area contributed by atoms with Crippen molar-refractivity contribution < 1.29 is 4.08 Å². The van der Waals surface area contributed by atoms with Gasteiger partial charge in [0.2, 0.25) is 0 Å². The first-order chi connectivity index (χ1) is 6.10. The van der Waals surface area contributed by atoms with E-state index in [4.69, 9.17) is 18.0 Å². The third-order valence-electron chi connectivity index (χ3n) is 2.43. The highest BCUT2D eigenvalue weighted by atomic mass is 35.5. The molecule has 3 atom stereocenters. The lowest BCUT2D eigenvalue weighted by Gasteiger charge is -2.15. The molecule has 0 aliphatic carbocycles. The van der Waals surface area contributed by atoms with Crippen molar-refractivity contribution in [3.63, 3.8) is 0 Å². The lowest BCUT2D eigenvalue weighted by Crippen LogP contribution is -2.03. The minimum atomic E-state index is -0.875. The van der Waals surface area contributed by atoms with Crippen LogP contribution in [-0.2, 0) is 4.08 Å². The van der Waals surface area contributed by atoms with E-state index in [9.17, 15) is 0 Å². The van der Waals surface area contributed by atoms with E-state index in [1.807, 2.05) is 0 Å². The number of hydrogen-bond donors (Lipinski definition) is 0. The fourth-order valence-corrected chi connectivity index (χ4v) is 2.32. The SMILES string of the molecule is C#P(CCC(C)CC(C)CC)OCl. The van der Waals surface area contributed by atoms with Crippen molar-refractivity contribution in [1.29, 1.82) is 0 Å². The average Bonchev–Trinajstić information content (AvgIpc) is 2.13. The van der Waals surface area contributed by atoms with Crippen LogP contribution in [-0.4, -0.2) is 6.16 Å². The summed E-state index contributed by atoms with van der Waals surface area (Å²) >= 11 is 5.17. The van der Waals surface area contributed by atoms with Crippen molar-refractivity contribution in [2.75, 3.05) is 6.16 Å². The Kier molecular flexibility index (Phi) is 7.90. The van der Waals surface area contributed by atoms with Crippen LogP contribution in [0.5, 0.6) is 0 Å². The number of hydrogen-bond acceptors (Lipinski definition) is 1. The summed E-state index contributed by atoms with van der Waals surface area (Å²) in [7, 11) is -0.875. The van der Waals surface area contributed by atoms with Gasteiger partial charge in [-0.2, -0.15) is 0 Å². The second-order valence-corrected chi connectivity index (χ2v) is 5.69. The molecule has 3 unspecified atom stereocenters. The van der Waals surface area contributed by atoms with Gasteiger partial charge in [-0.05, 0) is 24.7 Å². The molecule has 0 heterocycles. The van der Waals surface area contributed by atoms with Crippen LogP contribution in [0, 0.1) is 18.0 Å². The third-order valence-corrected chi connectivity index (χ3v) is 3.84. The maximum atomic E-state index is 5.60. The first kappa shape index (κ1) is 13.3. The van der Waals surface area contributed by atoms with Gasteiger partial charge < -0.3 is 0 Å². The van der Waals surface area contributed by atoms with Crippen LogP contribution in [0.15, 0.2) is 0 Å². The molecule has 0 aromatic carbocycles. The van der Waals surface area contributed by atoms with Crippen molar-refractivity contribution in [2.45, 2.75) is 40.0 Å². The van der Waals surface area contributed by atoms with Crippen LogP contribution in [0.1, 0.15) is 40.0 Å². The van der Waals surface area contributed by atoms with Crippen molar-refractivity contribution >= 4 is 19.5 Å². The van der Waals surface area contributed by atoms with Crippen LogP contribution in [0.2, 0.25) is 0 Å². The minimum absolute atomic E-state index is 0.732. The predicted octanol–water partition coefficient (Wildman–Crippen LogP) is 4.61. The molecular weight excluding hydrogens is 203 g/mol. The molecule has 0 N–H and O–H groups in total. The molecule has 0 saturated carbocycles. The van der Waals surface area contributed by atoms with Crippen LogP contribution >= 0.6 is 19.5 Å². The summed E-state index contributed by atoms with van der Waals surface area (Å²) in [6, 6.07) is 0. The van der Waals surface area contributed by atoms with Crippen LogP contribution < -0.4 is 0 Å². The molecule has 0 aliphatic rings. The topological polar surface area (TPSA) is 9.23 Å². The van der Waals surface area contributed by atoms with Gasteiger partial charge in [0.1, 0.15) is 0 Å². The molecular formula is C10H20ClOP. The highest BCUT2D eigenvalue weighted by Crippen LogP contribution is 2.26. The molecule has 78 valence electrons. The Bertz CT molecular complexity index is 185. The molecule has 0 aromatic rings. The van der Waals surface area contributed by atoms with Crippen LogP contribution in [0.25, 0.3) is 0 Å². The molecule has 0 spiro atoms. The van der Waals surface area contributed by atoms with Gasteiger partial charge in [0.25, 0.3) is 0 Å². The van der Waals surface area contributed by atoms with E-state index in [1.54, 1.807) is 0 Å². The monoisotopic (exact) mass is 222 g/mol. The molecule has 0 aliphatic heterocycles. The normalized spacial score (nSPS) is 16.7. The molecule has 0 fully saturated rings. The summed E-state index contributed by atoms with van der Waals surface area (Å²) in [6.07, 6.45) is 10.2. The van der Waals surface area contributed by atoms with E-state index in [2.05, 4.69) is 24.8 Å². The third kappa shape index (κ3) is 7.40. The average molecular weight is 223 g/mol. The first-order valence-electron chi connectivity index (χ1n) is 4.91. The molecule has 13 heavy (non-hydrogen) atoms. The zero-order valence-corrected chi connectivity index (χ0v) is 10.4. The maximum Gasteiger partial charge on any atom is 0.0707 e. The van der Waals surface area contributed by atoms with Crippen molar-refractivity contribution in [1.82, 2.24) is 0 Å². The van der Waals surface area contributed by atoms with Gasteiger partial charge in [0.05, 0.1) is 11.9 Å². The van der Waals surface area contributed by atoms with E-state index < -0.39 is 7.60 Å². The molecule has 0 amide bonds. The van der Waals surface area contributed by atoms with Gasteiger partial charge in [0, 0.05) is 13.8 Å². The molecule has 3 heteroatoms. The van der Waals surface area contributed by atoms with E-state index in [0.29, 0.717) is 0 Å². The summed E-state index contributed by atoms with van der Waals surface area (Å²) in [6.45, 7) is 6.79. The number of halogens is 1. The van der Waals surface area contributed by atoms with Gasteiger partial charge >= 0.3 is 0 Å². The summed E-state index contributed by atoms with van der Waals surface area (Å²) < 4.78 is 4.55. The number of rotatable bonds is 5. The van der Waals surface area contributed by atoms with Crippen molar-refractivity contribution in [3.05, 3.63) is 0 Å². The first-order valence-corrected chi connectivity index (χ1v) is 6.73. The van der Waals surface area contributed by atoms with E-state index in [1.165, 1.54) is 12.8 Å². The van der Waals surface area contributed by atoms with Crippen molar-refractivity contribution in [3.8, 4) is 6.13 Å². The highest BCUT2D eigenvalue weighted by Gasteiger charge is 2.07. The van der Waals surface area contributed by atoms with Gasteiger partial charge in [-0.1, -0.05) is 27.2 Å². The predicted molar refractivity (Wildman–Crippen MR) is 61.5 cm³/mol. The Morgan fingerprint density at radius 2 is 2.00 bits per heavy atom. The molecule has 0 radical (unpaired) electrons. The Hall–Kier alpha value is 0.330. The zero-order chi connectivity index (χ0) is 10.3. The molecule has 1 nitrogen and oxygen atoms in total. The summed E-state index contributed by atoms with van der Waals surface area (Å²) in [5.41, 5.74) is 0. The molecule has 0 aromatic heterocycles. The van der Waals surface area contributed by atoms with Gasteiger partial charge in [0.15, 0.2) is 0 Å². The fraction of sp³-hybridized carbons (Fsp3) is 0.900. The smallest absolute Gasteiger partial charge is 0.0707 e. The largest absolute Gasteiger partial charge is 0.224 e. The summed E-state index contributed by atoms with van der Waals surface area (Å²) in [5.74, 6) is 1.55. The van der Waals surface area contributed by atoms with Gasteiger partial charge in [-0.3, -0.25) is 0 Å². The standard InChI is InChI=1S/C10H20ClOP/c1-5-9(2)8-10(3)6-7-13(4)12-11/h4,9-10H,5-8H2,1-3H3.